The molecule has 1 aliphatic carbocycles. The number of aromatic amines is 1. The highest BCUT2D eigenvalue weighted by Gasteiger charge is 2.39. The molecule has 0 radical (unpaired) electrons. The molecular weight excluding hydrogens is 410 g/mol. The Bertz CT molecular complexity index is 1060. The number of nitrogens with zero attached hydrogens (tertiary/aromatic N) is 5. The quantitative estimate of drug-likeness (QED) is 0.542. The van der Waals surface area contributed by atoms with Crippen molar-refractivity contribution in [1.29, 1.82) is 0 Å². The molecule has 3 aromatic heterocycles. The van der Waals surface area contributed by atoms with Gasteiger partial charge in [-0.05, 0) is 37.8 Å². The summed E-state index contributed by atoms with van der Waals surface area (Å²) in [6.07, 6.45) is 6.70. The summed E-state index contributed by atoms with van der Waals surface area (Å²) < 4.78 is 13.2. The summed E-state index contributed by atoms with van der Waals surface area (Å²) in [4.78, 5) is 22.3. The molecule has 1 saturated carbocycles. The first-order valence-electron chi connectivity index (χ1n) is 11.6. The summed E-state index contributed by atoms with van der Waals surface area (Å²) in [5.41, 5.74) is 2.53. The Labute approximate surface area is 186 Å². The number of hydrogen-bond acceptors (Lipinski definition) is 7. The number of ether oxygens (including phenoxy) is 2. The molecule has 172 valence electrons. The number of H-pyrrole nitrogens is 1. The van der Waals surface area contributed by atoms with Gasteiger partial charge in [-0.15, -0.1) is 10.2 Å². The number of alkyl carbamates (subject to hydrolysis) is 1. The minimum atomic E-state index is -0.323. The van der Waals surface area contributed by atoms with Crippen molar-refractivity contribution in [3.05, 3.63) is 24.3 Å². The van der Waals surface area contributed by atoms with Gasteiger partial charge in [0, 0.05) is 31.7 Å². The third kappa shape index (κ3) is 4.29. The van der Waals surface area contributed by atoms with E-state index < -0.39 is 0 Å². The van der Waals surface area contributed by atoms with Crippen LogP contribution in [0.3, 0.4) is 0 Å². The Kier molecular flexibility index (Phi) is 6.22. The molecule has 2 N–H and O–H groups in total. The zero-order valence-corrected chi connectivity index (χ0v) is 18.5. The topological polar surface area (TPSA) is 110 Å². The predicted octanol–water partition coefficient (Wildman–Crippen LogP) is 2.33. The number of hydrogen-bond donors (Lipinski definition) is 2. The summed E-state index contributed by atoms with van der Waals surface area (Å²) in [5.74, 6) is 1.51. The van der Waals surface area contributed by atoms with Crippen LogP contribution in [-0.4, -0.2) is 81.1 Å². The summed E-state index contributed by atoms with van der Waals surface area (Å²) in [5, 5.41) is 11.8. The lowest BCUT2D eigenvalue weighted by Crippen LogP contribution is -2.38. The van der Waals surface area contributed by atoms with E-state index in [9.17, 15) is 4.79 Å². The van der Waals surface area contributed by atoms with E-state index in [1.165, 1.54) is 0 Å². The molecule has 5 rings (SSSR count). The Morgan fingerprint density at radius 2 is 2.19 bits per heavy atom. The number of fused-ring (bicyclic) bond motifs is 3. The number of carbonyl (C=O) groups excluding carboxylic acids is 1. The van der Waals surface area contributed by atoms with Crippen LogP contribution in [0.25, 0.3) is 16.8 Å². The van der Waals surface area contributed by atoms with Crippen molar-refractivity contribution in [2.45, 2.75) is 44.6 Å². The summed E-state index contributed by atoms with van der Waals surface area (Å²) in [6.45, 7) is 7.30. The van der Waals surface area contributed by atoms with Crippen LogP contribution in [0, 0.1) is 5.92 Å². The number of rotatable bonds is 7. The molecule has 0 bridgehead atoms. The van der Waals surface area contributed by atoms with E-state index in [4.69, 9.17) is 9.47 Å². The van der Waals surface area contributed by atoms with Gasteiger partial charge in [0.05, 0.1) is 24.9 Å². The lowest BCUT2D eigenvalue weighted by molar-refractivity contribution is 0.0372. The van der Waals surface area contributed by atoms with Crippen molar-refractivity contribution < 1.29 is 14.3 Å². The van der Waals surface area contributed by atoms with E-state index in [0.29, 0.717) is 12.5 Å². The van der Waals surface area contributed by atoms with Crippen molar-refractivity contribution in [3.8, 4) is 0 Å². The van der Waals surface area contributed by atoms with Gasteiger partial charge in [0.2, 0.25) is 0 Å². The second kappa shape index (κ2) is 9.41. The highest BCUT2D eigenvalue weighted by Crippen LogP contribution is 2.42. The Morgan fingerprint density at radius 1 is 1.31 bits per heavy atom. The van der Waals surface area contributed by atoms with Crippen LogP contribution >= 0.6 is 0 Å². The highest BCUT2D eigenvalue weighted by atomic mass is 16.6. The van der Waals surface area contributed by atoms with Crippen LogP contribution < -0.4 is 5.32 Å². The zero-order valence-electron chi connectivity index (χ0n) is 18.5. The molecule has 4 heterocycles. The average Bonchev–Trinajstić information content (AvgIpc) is 3.54. The molecule has 3 atom stereocenters. The minimum absolute atomic E-state index is 0.111. The molecule has 2 aliphatic rings. The SMILES string of the molecule is CCC1CC(OC(=O)NCCCN2CCOCC2)CC1c1nnc2cnc3[nH]ccc3n12. The van der Waals surface area contributed by atoms with E-state index in [0.717, 1.165) is 81.2 Å². The van der Waals surface area contributed by atoms with Crippen molar-refractivity contribution in [1.82, 2.24) is 34.8 Å². The van der Waals surface area contributed by atoms with Gasteiger partial charge in [-0.1, -0.05) is 13.3 Å². The van der Waals surface area contributed by atoms with E-state index in [1.54, 1.807) is 6.20 Å². The van der Waals surface area contributed by atoms with Crippen LogP contribution in [0.5, 0.6) is 0 Å². The van der Waals surface area contributed by atoms with Crippen molar-refractivity contribution in [2.24, 2.45) is 5.92 Å². The van der Waals surface area contributed by atoms with Gasteiger partial charge in [-0.3, -0.25) is 9.30 Å². The smallest absolute Gasteiger partial charge is 0.407 e. The number of nitrogens with one attached hydrogen (secondary N) is 2. The Balaban J connectivity index is 1.18. The van der Waals surface area contributed by atoms with E-state index >= 15 is 0 Å². The molecule has 3 unspecified atom stereocenters. The van der Waals surface area contributed by atoms with Gasteiger partial charge in [-0.25, -0.2) is 9.78 Å². The van der Waals surface area contributed by atoms with Crippen LogP contribution in [0.15, 0.2) is 18.5 Å². The van der Waals surface area contributed by atoms with Crippen molar-refractivity contribution in [2.75, 3.05) is 39.4 Å². The maximum Gasteiger partial charge on any atom is 0.407 e. The number of morpholine rings is 1. The lowest BCUT2D eigenvalue weighted by atomic mass is 9.93. The standard InChI is InChI=1S/C22H31N7O3/c1-2-15-12-16(32-22(30)24-5-3-7-28-8-10-31-11-9-28)13-17(15)21-27-26-19-14-25-20-18(29(19)21)4-6-23-20/h4,6,14-17,23H,2-3,5,7-13H2,1H3,(H,24,30). The second-order valence-electron chi connectivity index (χ2n) is 8.73. The van der Waals surface area contributed by atoms with Gasteiger partial charge >= 0.3 is 6.09 Å². The average molecular weight is 442 g/mol. The first-order valence-corrected chi connectivity index (χ1v) is 11.6. The number of aromatic nitrogens is 5. The third-order valence-electron chi connectivity index (χ3n) is 6.77. The molecule has 32 heavy (non-hydrogen) atoms. The van der Waals surface area contributed by atoms with Gasteiger partial charge in [0.15, 0.2) is 11.3 Å². The third-order valence-corrected chi connectivity index (χ3v) is 6.77. The first kappa shape index (κ1) is 21.1. The van der Waals surface area contributed by atoms with Gasteiger partial charge in [0.25, 0.3) is 0 Å². The molecule has 10 heteroatoms. The maximum atomic E-state index is 12.4. The fraction of sp³-hybridized carbons (Fsp3) is 0.636. The van der Waals surface area contributed by atoms with Crippen molar-refractivity contribution in [3.63, 3.8) is 0 Å². The predicted molar refractivity (Wildman–Crippen MR) is 119 cm³/mol. The van der Waals surface area contributed by atoms with Crippen LogP contribution in [0.2, 0.25) is 0 Å². The molecular formula is C22H31N7O3. The molecule has 0 aromatic carbocycles. The molecule has 1 aliphatic heterocycles. The largest absolute Gasteiger partial charge is 0.446 e. The fourth-order valence-corrected chi connectivity index (χ4v) is 5.09. The summed E-state index contributed by atoms with van der Waals surface area (Å²) in [6, 6.07) is 2.00. The minimum Gasteiger partial charge on any atom is -0.446 e. The Hall–Kier alpha value is -2.72. The maximum absolute atomic E-state index is 12.4. The summed E-state index contributed by atoms with van der Waals surface area (Å²) in [7, 11) is 0. The molecule has 2 fully saturated rings. The van der Waals surface area contributed by atoms with E-state index in [-0.39, 0.29) is 18.1 Å². The highest BCUT2D eigenvalue weighted by molar-refractivity contribution is 5.74. The number of amides is 1. The molecule has 3 aromatic rings. The summed E-state index contributed by atoms with van der Waals surface area (Å²) >= 11 is 0. The number of carbonyl (C=O) groups is 1. The zero-order chi connectivity index (χ0) is 21.9. The van der Waals surface area contributed by atoms with E-state index in [1.807, 2.05) is 12.3 Å². The molecule has 1 amide bonds. The van der Waals surface area contributed by atoms with E-state index in [2.05, 4.69) is 41.7 Å². The molecule has 10 nitrogen and oxygen atoms in total. The van der Waals surface area contributed by atoms with Crippen LogP contribution in [0.1, 0.15) is 44.3 Å². The van der Waals surface area contributed by atoms with Gasteiger partial charge < -0.3 is 19.8 Å². The monoisotopic (exact) mass is 441 g/mol. The molecule has 0 spiro atoms. The normalized spacial score (nSPS) is 24.3. The van der Waals surface area contributed by atoms with Crippen LogP contribution in [0.4, 0.5) is 4.79 Å². The first-order chi connectivity index (χ1) is 15.7. The Morgan fingerprint density at radius 3 is 3.03 bits per heavy atom. The van der Waals surface area contributed by atoms with Gasteiger partial charge in [-0.2, -0.15) is 0 Å². The van der Waals surface area contributed by atoms with Crippen LogP contribution in [-0.2, 0) is 9.47 Å². The van der Waals surface area contributed by atoms with Crippen molar-refractivity contribution >= 4 is 22.9 Å². The second-order valence-corrected chi connectivity index (χ2v) is 8.73. The molecule has 1 saturated heterocycles. The lowest BCUT2D eigenvalue weighted by Gasteiger charge is -2.26. The van der Waals surface area contributed by atoms with Gasteiger partial charge in [0.1, 0.15) is 11.9 Å². The fourth-order valence-electron chi connectivity index (χ4n) is 5.09.